The minimum Gasteiger partial charge on any atom is -0.317 e. The third-order valence-electron chi connectivity index (χ3n) is 5.53. The van der Waals surface area contributed by atoms with Crippen LogP contribution in [0.5, 0.6) is 0 Å². The zero-order valence-corrected chi connectivity index (χ0v) is 14.0. The van der Waals surface area contributed by atoms with E-state index < -0.39 is 0 Å². The van der Waals surface area contributed by atoms with Gasteiger partial charge in [-0.25, -0.2) is 0 Å². The Bertz CT molecular complexity index is 655. The van der Waals surface area contributed by atoms with Crippen molar-refractivity contribution in [3.63, 3.8) is 0 Å². The molecule has 122 valence electrons. The van der Waals surface area contributed by atoms with Gasteiger partial charge in [0.15, 0.2) is 0 Å². The number of benzene rings is 1. The monoisotopic (exact) mass is 310 g/mol. The van der Waals surface area contributed by atoms with Crippen LogP contribution in [0.1, 0.15) is 24.8 Å². The third-order valence-corrected chi connectivity index (χ3v) is 5.53. The van der Waals surface area contributed by atoms with Crippen molar-refractivity contribution >= 4 is 0 Å². The smallest absolute Gasteiger partial charge is 0.0968 e. The van der Waals surface area contributed by atoms with E-state index in [-0.39, 0.29) is 0 Å². The second-order valence-corrected chi connectivity index (χ2v) is 7.25. The van der Waals surface area contributed by atoms with Gasteiger partial charge in [0, 0.05) is 37.5 Å². The lowest BCUT2D eigenvalue weighted by molar-refractivity contribution is 0.194. The molecule has 0 unspecified atom stereocenters. The Balaban J connectivity index is 1.52. The van der Waals surface area contributed by atoms with Crippen LogP contribution in [0.3, 0.4) is 0 Å². The van der Waals surface area contributed by atoms with Gasteiger partial charge in [-0.15, -0.1) is 0 Å². The van der Waals surface area contributed by atoms with Crippen molar-refractivity contribution in [3.05, 3.63) is 42.1 Å². The van der Waals surface area contributed by atoms with E-state index in [1.807, 2.05) is 11.7 Å². The van der Waals surface area contributed by atoms with Gasteiger partial charge in [-0.3, -0.25) is 9.58 Å². The SMILES string of the molecule is Cn1cc(CN2CCC3(CCNCC3)C2)c(-c2ccccc2)n1. The van der Waals surface area contributed by atoms with E-state index in [0.717, 1.165) is 12.2 Å². The number of rotatable bonds is 3. The number of hydrogen-bond donors (Lipinski definition) is 1. The molecule has 0 saturated carbocycles. The number of aryl methyl sites for hydroxylation is 1. The minimum absolute atomic E-state index is 0.570. The molecule has 4 rings (SSSR count). The summed E-state index contributed by atoms with van der Waals surface area (Å²) in [4.78, 5) is 2.63. The number of likely N-dealkylation sites (tertiary alicyclic amines) is 1. The van der Waals surface area contributed by atoms with Crippen LogP contribution in [0.4, 0.5) is 0 Å². The Hall–Kier alpha value is -1.65. The van der Waals surface area contributed by atoms with E-state index in [0.29, 0.717) is 5.41 Å². The van der Waals surface area contributed by atoms with Crippen molar-refractivity contribution in [2.45, 2.75) is 25.8 Å². The largest absolute Gasteiger partial charge is 0.317 e. The summed E-state index contributed by atoms with van der Waals surface area (Å²) in [5.41, 5.74) is 4.28. The molecule has 2 fully saturated rings. The van der Waals surface area contributed by atoms with Crippen molar-refractivity contribution in [1.82, 2.24) is 20.0 Å². The molecule has 2 aliphatic rings. The third kappa shape index (κ3) is 3.06. The average molecular weight is 310 g/mol. The Morgan fingerprint density at radius 3 is 2.70 bits per heavy atom. The first-order chi connectivity index (χ1) is 11.2. The van der Waals surface area contributed by atoms with E-state index in [1.165, 1.54) is 56.6 Å². The minimum atomic E-state index is 0.570. The molecule has 4 nitrogen and oxygen atoms in total. The fourth-order valence-corrected chi connectivity index (χ4v) is 4.26. The van der Waals surface area contributed by atoms with Gasteiger partial charge in [-0.05, 0) is 44.3 Å². The predicted molar refractivity (Wildman–Crippen MR) is 93.1 cm³/mol. The molecule has 23 heavy (non-hydrogen) atoms. The summed E-state index contributed by atoms with van der Waals surface area (Å²) < 4.78 is 1.95. The van der Waals surface area contributed by atoms with Crippen LogP contribution in [0.25, 0.3) is 11.3 Å². The highest BCUT2D eigenvalue weighted by atomic mass is 15.3. The maximum atomic E-state index is 4.71. The fourth-order valence-electron chi connectivity index (χ4n) is 4.26. The number of aromatic nitrogens is 2. The molecule has 0 atom stereocenters. The summed E-state index contributed by atoms with van der Waals surface area (Å²) in [5, 5.41) is 8.21. The first-order valence-corrected chi connectivity index (χ1v) is 8.75. The number of nitrogens with zero attached hydrogens (tertiary/aromatic N) is 3. The van der Waals surface area contributed by atoms with Crippen LogP contribution < -0.4 is 5.32 Å². The predicted octanol–water partition coefficient (Wildman–Crippen LogP) is 2.66. The van der Waals surface area contributed by atoms with Crippen LogP contribution in [0, 0.1) is 5.41 Å². The van der Waals surface area contributed by atoms with Gasteiger partial charge in [-0.1, -0.05) is 30.3 Å². The van der Waals surface area contributed by atoms with Crippen molar-refractivity contribution in [1.29, 1.82) is 0 Å². The number of nitrogens with one attached hydrogen (secondary N) is 1. The van der Waals surface area contributed by atoms with Gasteiger partial charge in [-0.2, -0.15) is 5.10 Å². The lowest BCUT2D eigenvalue weighted by atomic mass is 9.78. The molecule has 0 aliphatic carbocycles. The van der Waals surface area contributed by atoms with Gasteiger partial charge in [0.05, 0.1) is 5.69 Å². The molecule has 2 saturated heterocycles. The van der Waals surface area contributed by atoms with Gasteiger partial charge in [0.25, 0.3) is 0 Å². The molecule has 0 radical (unpaired) electrons. The normalized spacial score (nSPS) is 21.1. The highest BCUT2D eigenvalue weighted by Gasteiger charge is 2.38. The van der Waals surface area contributed by atoms with Gasteiger partial charge < -0.3 is 5.32 Å². The van der Waals surface area contributed by atoms with E-state index >= 15 is 0 Å². The van der Waals surface area contributed by atoms with Gasteiger partial charge >= 0.3 is 0 Å². The topological polar surface area (TPSA) is 33.1 Å². The Morgan fingerprint density at radius 1 is 1.13 bits per heavy atom. The van der Waals surface area contributed by atoms with Crippen molar-refractivity contribution in [2.24, 2.45) is 12.5 Å². The number of hydrogen-bond acceptors (Lipinski definition) is 3. The second kappa shape index (κ2) is 6.10. The lowest BCUT2D eigenvalue weighted by Gasteiger charge is -2.33. The Labute approximate surface area is 138 Å². The summed E-state index contributed by atoms with van der Waals surface area (Å²) in [6.45, 7) is 5.88. The number of piperidine rings is 1. The van der Waals surface area contributed by atoms with Crippen molar-refractivity contribution in [3.8, 4) is 11.3 Å². The molecular weight excluding hydrogens is 284 g/mol. The molecule has 1 spiro atoms. The van der Waals surface area contributed by atoms with Crippen molar-refractivity contribution in [2.75, 3.05) is 26.2 Å². The summed E-state index contributed by atoms with van der Waals surface area (Å²) >= 11 is 0. The first-order valence-electron chi connectivity index (χ1n) is 8.75. The van der Waals surface area contributed by atoms with Crippen LogP contribution in [0.2, 0.25) is 0 Å². The Kier molecular flexibility index (Phi) is 3.95. The van der Waals surface area contributed by atoms with Gasteiger partial charge in [0.1, 0.15) is 0 Å². The van der Waals surface area contributed by atoms with E-state index in [2.05, 4.69) is 46.7 Å². The molecule has 0 amide bonds. The van der Waals surface area contributed by atoms with Gasteiger partial charge in [0.2, 0.25) is 0 Å². The van der Waals surface area contributed by atoms with E-state index in [1.54, 1.807) is 0 Å². The lowest BCUT2D eigenvalue weighted by Crippen LogP contribution is -2.38. The summed E-state index contributed by atoms with van der Waals surface area (Å²) in [5.74, 6) is 0. The molecule has 4 heteroatoms. The maximum absolute atomic E-state index is 4.71. The second-order valence-electron chi connectivity index (χ2n) is 7.25. The van der Waals surface area contributed by atoms with Crippen LogP contribution >= 0.6 is 0 Å². The molecule has 1 aromatic heterocycles. The zero-order valence-electron chi connectivity index (χ0n) is 14.0. The average Bonchev–Trinajstić information content (AvgIpc) is 3.13. The standard InChI is InChI=1S/C19H26N4/c1-22-13-17(18(21-22)16-5-3-2-4-6-16)14-23-12-9-19(15-23)7-10-20-11-8-19/h2-6,13,20H,7-12,14-15H2,1H3. The summed E-state index contributed by atoms with van der Waals surface area (Å²) in [6, 6.07) is 10.6. The molecular formula is C19H26N4. The molecule has 1 N–H and O–H groups in total. The first kappa shape index (κ1) is 14.9. The Morgan fingerprint density at radius 2 is 1.91 bits per heavy atom. The molecule has 2 aliphatic heterocycles. The molecule has 3 heterocycles. The van der Waals surface area contributed by atoms with Crippen LogP contribution in [0.15, 0.2) is 36.5 Å². The van der Waals surface area contributed by atoms with Crippen LogP contribution in [-0.2, 0) is 13.6 Å². The highest BCUT2D eigenvalue weighted by molar-refractivity contribution is 5.62. The summed E-state index contributed by atoms with van der Waals surface area (Å²) in [6.07, 6.45) is 6.22. The quantitative estimate of drug-likeness (QED) is 0.946. The zero-order chi connectivity index (χ0) is 15.7. The fraction of sp³-hybridized carbons (Fsp3) is 0.526. The molecule has 1 aromatic carbocycles. The van der Waals surface area contributed by atoms with Crippen LogP contribution in [-0.4, -0.2) is 40.9 Å². The highest BCUT2D eigenvalue weighted by Crippen LogP contribution is 2.39. The van der Waals surface area contributed by atoms with Crippen molar-refractivity contribution < 1.29 is 0 Å². The molecule has 2 aromatic rings. The summed E-state index contributed by atoms with van der Waals surface area (Å²) in [7, 11) is 2.02. The van der Waals surface area contributed by atoms with E-state index in [4.69, 9.17) is 5.10 Å². The maximum Gasteiger partial charge on any atom is 0.0968 e. The van der Waals surface area contributed by atoms with E-state index in [9.17, 15) is 0 Å². The molecule has 0 bridgehead atoms.